The summed E-state index contributed by atoms with van der Waals surface area (Å²) in [6.45, 7) is 5.09. The zero-order valence-corrected chi connectivity index (χ0v) is 15.3. The number of alkyl halides is 3. The van der Waals surface area contributed by atoms with Crippen molar-refractivity contribution in [3.8, 4) is 0 Å². The SMILES string of the molecule is Cc1ccc(C(=O)O)cc1NC(=O)C(C)c1c(C)nn(CC(F)(F)F)c1C. The molecule has 0 radical (unpaired) electrons. The van der Waals surface area contributed by atoms with Gasteiger partial charge in [-0.2, -0.15) is 18.3 Å². The summed E-state index contributed by atoms with van der Waals surface area (Å²) in [6, 6.07) is 4.34. The number of carboxylic acid groups (broad SMARTS) is 1. The summed E-state index contributed by atoms with van der Waals surface area (Å²) in [4.78, 5) is 23.7. The van der Waals surface area contributed by atoms with Gasteiger partial charge in [-0.1, -0.05) is 6.07 Å². The summed E-state index contributed by atoms with van der Waals surface area (Å²) in [5, 5.41) is 15.6. The van der Waals surface area contributed by atoms with Crippen LogP contribution in [0.1, 0.15) is 45.7 Å². The lowest BCUT2D eigenvalue weighted by Gasteiger charge is -2.15. The van der Waals surface area contributed by atoms with E-state index < -0.39 is 30.5 Å². The molecule has 6 nitrogen and oxygen atoms in total. The number of aromatic carboxylic acids is 1. The molecule has 0 aliphatic rings. The van der Waals surface area contributed by atoms with Crippen LogP contribution in [-0.2, 0) is 11.3 Å². The summed E-state index contributed by atoms with van der Waals surface area (Å²) < 4.78 is 38.8. The quantitative estimate of drug-likeness (QED) is 0.822. The van der Waals surface area contributed by atoms with Crippen LogP contribution in [0.25, 0.3) is 0 Å². The maximum atomic E-state index is 12.7. The third-order valence-corrected chi connectivity index (χ3v) is 4.34. The number of aryl methyl sites for hydroxylation is 2. The fraction of sp³-hybridized carbons (Fsp3) is 0.389. The molecule has 1 aromatic carbocycles. The van der Waals surface area contributed by atoms with Crippen molar-refractivity contribution in [2.75, 3.05) is 5.32 Å². The monoisotopic (exact) mass is 383 g/mol. The van der Waals surface area contributed by atoms with Crippen LogP contribution in [0.4, 0.5) is 18.9 Å². The van der Waals surface area contributed by atoms with Crippen LogP contribution in [0.5, 0.6) is 0 Å². The number of aromatic nitrogens is 2. The number of rotatable bonds is 5. The normalized spacial score (nSPS) is 12.7. The number of benzene rings is 1. The Morgan fingerprint density at radius 2 is 1.89 bits per heavy atom. The Hall–Kier alpha value is -2.84. The molecule has 1 heterocycles. The molecule has 2 aromatic rings. The average molecular weight is 383 g/mol. The van der Waals surface area contributed by atoms with Crippen molar-refractivity contribution in [3.63, 3.8) is 0 Å². The van der Waals surface area contributed by atoms with E-state index in [1.54, 1.807) is 26.8 Å². The van der Waals surface area contributed by atoms with Crippen molar-refractivity contribution < 1.29 is 27.9 Å². The molecule has 0 spiro atoms. The number of anilines is 1. The molecule has 1 amide bonds. The first-order chi connectivity index (χ1) is 12.4. The van der Waals surface area contributed by atoms with Crippen molar-refractivity contribution in [3.05, 3.63) is 46.3 Å². The molecule has 1 unspecified atom stereocenters. The minimum Gasteiger partial charge on any atom is -0.478 e. The number of nitrogens with one attached hydrogen (secondary N) is 1. The highest BCUT2D eigenvalue weighted by Crippen LogP contribution is 2.28. The van der Waals surface area contributed by atoms with Gasteiger partial charge in [0.1, 0.15) is 6.54 Å². The van der Waals surface area contributed by atoms with Gasteiger partial charge in [0.05, 0.1) is 17.2 Å². The lowest BCUT2D eigenvalue weighted by molar-refractivity contribution is -0.143. The van der Waals surface area contributed by atoms with Crippen molar-refractivity contribution >= 4 is 17.6 Å². The highest BCUT2D eigenvalue weighted by Gasteiger charge is 2.31. The molecule has 0 bridgehead atoms. The van der Waals surface area contributed by atoms with Gasteiger partial charge in [-0.3, -0.25) is 9.48 Å². The highest BCUT2D eigenvalue weighted by molar-refractivity contribution is 5.98. The van der Waals surface area contributed by atoms with Gasteiger partial charge in [0.25, 0.3) is 0 Å². The fourth-order valence-corrected chi connectivity index (χ4v) is 2.92. The van der Waals surface area contributed by atoms with Gasteiger partial charge in [0, 0.05) is 16.9 Å². The summed E-state index contributed by atoms with van der Waals surface area (Å²) in [5.74, 6) is -2.35. The second kappa shape index (κ2) is 7.42. The number of halogens is 3. The van der Waals surface area contributed by atoms with Crippen molar-refractivity contribution in [2.45, 2.75) is 46.3 Å². The molecule has 146 valence electrons. The van der Waals surface area contributed by atoms with E-state index >= 15 is 0 Å². The number of carbonyl (C=O) groups is 2. The maximum Gasteiger partial charge on any atom is 0.408 e. The van der Waals surface area contributed by atoms with Gasteiger partial charge in [-0.25, -0.2) is 4.79 Å². The molecule has 1 atom stereocenters. The molecule has 27 heavy (non-hydrogen) atoms. The third kappa shape index (κ3) is 4.66. The number of hydrogen-bond donors (Lipinski definition) is 2. The van der Waals surface area contributed by atoms with E-state index in [0.29, 0.717) is 22.5 Å². The van der Waals surface area contributed by atoms with Crippen molar-refractivity contribution in [2.24, 2.45) is 0 Å². The Balaban J connectivity index is 2.28. The Morgan fingerprint density at radius 1 is 1.26 bits per heavy atom. The van der Waals surface area contributed by atoms with Crippen LogP contribution in [-0.4, -0.2) is 32.9 Å². The summed E-state index contributed by atoms with van der Waals surface area (Å²) in [7, 11) is 0. The maximum absolute atomic E-state index is 12.7. The van der Waals surface area contributed by atoms with Crippen molar-refractivity contribution in [1.82, 2.24) is 9.78 Å². The van der Waals surface area contributed by atoms with E-state index in [1.807, 2.05) is 0 Å². The van der Waals surface area contributed by atoms with Crippen LogP contribution in [0, 0.1) is 20.8 Å². The number of carboxylic acids is 1. The first-order valence-electron chi connectivity index (χ1n) is 8.16. The second-order valence-electron chi connectivity index (χ2n) is 6.40. The molecule has 0 fully saturated rings. The standard InChI is InChI=1S/C18H20F3N3O3/c1-9-5-6-13(17(26)27)7-14(9)22-16(25)10(2)15-11(3)23-24(12(15)4)8-18(19,20)21/h5-7,10H,8H2,1-4H3,(H,22,25)(H,26,27). The smallest absolute Gasteiger partial charge is 0.408 e. The lowest BCUT2D eigenvalue weighted by Crippen LogP contribution is -2.22. The number of carbonyl (C=O) groups excluding carboxylic acids is 1. The van der Waals surface area contributed by atoms with Crippen LogP contribution < -0.4 is 5.32 Å². The fourth-order valence-electron chi connectivity index (χ4n) is 2.92. The van der Waals surface area contributed by atoms with E-state index in [9.17, 15) is 22.8 Å². The first-order valence-corrected chi connectivity index (χ1v) is 8.16. The highest BCUT2D eigenvalue weighted by atomic mass is 19.4. The molecule has 2 rings (SSSR count). The molecule has 0 aliphatic heterocycles. The number of nitrogens with zero attached hydrogens (tertiary/aromatic N) is 2. The topological polar surface area (TPSA) is 84.2 Å². The molecule has 0 saturated heterocycles. The Morgan fingerprint density at radius 3 is 2.44 bits per heavy atom. The molecular weight excluding hydrogens is 363 g/mol. The summed E-state index contributed by atoms with van der Waals surface area (Å²) in [5.41, 5.74) is 2.06. The second-order valence-corrected chi connectivity index (χ2v) is 6.40. The largest absolute Gasteiger partial charge is 0.478 e. The van der Waals surface area contributed by atoms with Crippen LogP contribution in [0.15, 0.2) is 18.2 Å². The van der Waals surface area contributed by atoms with E-state index in [0.717, 1.165) is 4.68 Å². The molecule has 0 saturated carbocycles. The Kier molecular flexibility index (Phi) is 5.62. The van der Waals surface area contributed by atoms with Gasteiger partial charge in [-0.05, 0) is 45.4 Å². The van der Waals surface area contributed by atoms with E-state index in [4.69, 9.17) is 5.11 Å². The van der Waals surface area contributed by atoms with Crippen molar-refractivity contribution in [1.29, 1.82) is 0 Å². The minimum atomic E-state index is -4.42. The third-order valence-electron chi connectivity index (χ3n) is 4.34. The van der Waals surface area contributed by atoms with Gasteiger partial charge >= 0.3 is 12.1 Å². The van der Waals surface area contributed by atoms with Gasteiger partial charge in [0.15, 0.2) is 0 Å². The number of amides is 1. The van der Waals surface area contributed by atoms with Crippen LogP contribution in [0.2, 0.25) is 0 Å². The van der Waals surface area contributed by atoms with Gasteiger partial charge in [-0.15, -0.1) is 0 Å². The van der Waals surface area contributed by atoms with E-state index in [1.165, 1.54) is 19.1 Å². The molecule has 1 aromatic heterocycles. The van der Waals surface area contributed by atoms with Crippen LogP contribution in [0.3, 0.4) is 0 Å². The Bertz CT molecular complexity index is 888. The van der Waals surface area contributed by atoms with Gasteiger partial charge < -0.3 is 10.4 Å². The molecule has 0 aliphatic carbocycles. The van der Waals surface area contributed by atoms with E-state index in [2.05, 4.69) is 10.4 Å². The van der Waals surface area contributed by atoms with Crippen LogP contribution >= 0.6 is 0 Å². The predicted octanol–water partition coefficient (Wildman–Crippen LogP) is 3.81. The molecule has 2 N–H and O–H groups in total. The Labute approximate surface area is 154 Å². The molecule has 9 heteroatoms. The average Bonchev–Trinajstić information content (AvgIpc) is 2.80. The number of hydrogen-bond acceptors (Lipinski definition) is 3. The molecular formula is C18H20F3N3O3. The minimum absolute atomic E-state index is 0.0221. The van der Waals surface area contributed by atoms with Gasteiger partial charge in [0.2, 0.25) is 5.91 Å². The zero-order chi connectivity index (χ0) is 20.5. The predicted molar refractivity (Wildman–Crippen MR) is 92.9 cm³/mol. The zero-order valence-electron chi connectivity index (χ0n) is 15.3. The summed E-state index contributed by atoms with van der Waals surface area (Å²) >= 11 is 0. The first kappa shape index (κ1) is 20.5. The van der Waals surface area contributed by atoms with E-state index in [-0.39, 0.29) is 11.3 Å². The lowest BCUT2D eigenvalue weighted by atomic mass is 9.98. The summed E-state index contributed by atoms with van der Waals surface area (Å²) in [6.07, 6.45) is -4.42.